The summed E-state index contributed by atoms with van der Waals surface area (Å²) in [5.74, 6) is 1.45. The Hall–Kier alpha value is -0.410. The fourth-order valence-electron chi connectivity index (χ4n) is 2.15. The first-order valence-corrected chi connectivity index (χ1v) is 5.71. The molecule has 2 atom stereocenters. The molecule has 2 rings (SSSR count). The molecule has 0 fully saturated rings. The van der Waals surface area contributed by atoms with Crippen molar-refractivity contribution in [3.8, 4) is 0 Å². The fraction of sp³-hybridized carbons (Fsp3) is 0.700. The van der Waals surface area contributed by atoms with Crippen LogP contribution in [0.5, 0.6) is 0 Å². The summed E-state index contributed by atoms with van der Waals surface area (Å²) in [7, 11) is 0. The highest BCUT2D eigenvalue weighted by atomic mass is 32.1. The van der Waals surface area contributed by atoms with E-state index < -0.39 is 0 Å². The summed E-state index contributed by atoms with van der Waals surface area (Å²) >= 11 is 1.81. The van der Waals surface area contributed by atoms with Crippen molar-refractivity contribution in [3.63, 3.8) is 0 Å². The van der Waals surface area contributed by atoms with Gasteiger partial charge in [-0.15, -0.1) is 11.3 Å². The van der Waals surface area contributed by atoms with Crippen molar-refractivity contribution in [2.45, 2.75) is 39.2 Å². The molecule has 0 aromatic carbocycles. The monoisotopic (exact) mass is 196 g/mol. The molecule has 0 spiro atoms. The van der Waals surface area contributed by atoms with Crippen LogP contribution in [0.4, 0.5) is 0 Å². The van der Waals surface area contributed by atoms with E-state index in [4.69, 9.17) is 5.73 Å². The van der Waals surface area contributed by atoms with E-state index in [9.17, 15) is 0 Å². The van der Waals surface area contributed by atoms with E-state index in [1.54, 1.807) is 11.3 Å². The van der Waals surface area contributed by atoms with Gasteiger partial charge in [-0.3, -0.25) is 0 Å². The van der Waals surface area contributed by atoms with Crippen LogP contribution in [0.1, 0.15) is 41.8 Å². The molecule has 13 heavy (non-hydrogen) atoms. The number of hydrogen-bond donors (Lipinski definition) is 1. The molecule has 1 aliphatic rings. The Bertz CT molecular complexity index is 306. The summed E-state index contributed by atoms with van der Waals surface area (Å²) in [6, 6.07) is 0. The normalized spacial score (nSPS) is 27.3. The van der Waals surface area contributed by atoms with Gasteiger partial charge in [0.1, 0.15) is 5.01 Å². The van der Waals surface area contributed by atoms with Gasteiger partial charge in [0.05, 0.1) is 5.69 Å². The van der Waals surface area contributed by atoms with Crippen molar-refractivity contribution >= 4 is 11.3 Å². The second-order valence-corrected chi connectivity index (χ2v) is 5.23. The maximum atomic E-state index is 5.59. The highest BCUT2D eigenvalue weighted by molar-refractivity contribution is 7.11. The lowest BCUT2D eigenvalue weighted by molar-refractivity contribution is 0.448. The summed E-state index contributed by atoms with van der Waals surface area (Å²) in [5, 5.41) is 1.10. The maximum absolute atomic E-state index is 5.59. The van der Waals surface area contributed by atoms with E-state index in [0.29, 0.717) is 12.5 Å². The van der Waals surface area contributed by atoms with Gasteiger partial charge >= 0.3 is 0 Å². The molecule has 1 aliphatic carbocycles. The summed E-state index contributed by atoms with van der Waals surface area (Å²) in [6.07, 6.45) is 2.48. The molecule has 2 nitrogen and oxygen atoms in total. The number of thiazole rings is 1. The van der Waals surface area contributed by atoms with Crippen molar-refractivity contribution < 1.29 is 0 Å². The second-order valence-electron chi connectivity index (χ2n) is 4.07. The van der Waals surface area contributed by atoms with E-state index in [2.05, 4.69) is 18.8 Å². The van der Waals surface area contributed by atoms with Gasteiger partial charge in [-0.05, 0) is 24.7 Å². The first-order valence-electron chi connectivity index (χ1n) is 4.89. The number of hydrogen-bond acceptors (Lipinski definition) is 3. The minimum Gasteiger partial charge on any atom is -0.325 e. The summed E-state index contributed by atoms with van der Waals surface area (Å²) < 4.78 is 0. The average Bonchev–Trinajstić information content (AvgIpc) is 2.47. The molecule has 2 N–H and O–H groups in total. The molecule has 1 heterocycles. The molecule has 0 radical (unpaired) electrons. The van der Waals surface area contributed by atoms with Crippen molar-refractivity contribution in [3.05, 3.63) is 15.6 Å². The smallest absolute Gasteiger partial charge is 0.107 e. The summed E-state index contributed by atoms with van der Waals surface area (Å²) in [6.45, 7) is 5.19. The van der Waals surface area contributed by atoms with Gasteiger partial charge in [0.15, 0.2) is 0 Å². The van der Waals surface area contributed by atoms with E-state index in [-0.39, 0.29) is 0 Å². The largest absolute Gasteiger partial charge is 0.325 e. The molecule has 0 saturated carbocycles. The lowest BCUT2D eigenvalue weighted by atomic mass is 9.85. The predicted octanol–water partition coefficient (Wildman–Crippen LogP) is 2.29. The molecule has 3 heteroatoms. The first kappa shape index (κ1) is 9.16. The third-order valence-electron chi connectivity index (χ3n) is 2.70. The van der Waals surface area contributed by atoms with Crippen LogP contribution in [-0.4, -0.2) is 4.98 Å². The van der Waals surface area contributed by atoms with Gasteiger partial charge in [0.25, 0.3) is 0 Å². The molecule has 0 saturated heterocycles. The van der Waals surface area contributed by atoms with Gasteiger partial charge in [-0.1, -0.05) is 13.8 Å². The molecule has 0 aliphatic heterocycles. The standard InChI is InChI=1S/C10H16N2S/c1-6-3-7(2)10-8(4-6)13-9(5-11)12-10/h6-7H,3-5,11H2,1-2H3. The Morgan fingerprint density at radius 2 is 2.31 bits per heavy atom. The lowest BCUT2D eigenvalue weighted by Crippen LogP contribution is -2.13. The van der Waals surface area contributed by atoms with Crippen molar-refractivity contribution in [2.75, 3.05) is 0 Å². The van der Waals surface area contributed by atoms with Crippen LogP contribution in [0.2, 0.25) is 0 Å². The van der Waals surface area contributed by atoms with Crippen LogP contribution >= 0.6 is 11.3 Å². The molecule has 0 amide bonds. The van der Waals surface area contributed by atoms with Gasteiger partial charge in [-0.2, -0.15) is 0 Å². The van der Waals surface area contributed by atoms with Crippen LogP contribution in [0.3, 0.4) is 0 Å². The Balaban J connectivity index is 2.35. The van der Waals surface area contributed by atoms with Crippen LogP contribution < -0.4 is 5.73 Å². The average molecular weight is 196 g/mol. The minimum absolute atomic E-state index is 0.596. The Labute approximate surface area is 83.2 Å². The molecule has 72 valence electrons. The molecule has 1 aromatic heterocycles. The number of nitrogens with two attached hydrogens (primary N) is 1. The van der Waals surface area contributed by atoms with Gasteiger partial charge < -0.3 is 5.73 Å². The van der Waals surface area contributed by atoms with Crippen LogP contribution in [0, 0.1) is 5.92 Å². The van der Waals surface area contributed by atoms with Crippen molar-refractivity contribution in [1.82, 2.24) is 4.98 Å². The minimum atomic E-state index is 0.596. The van der Waals surface area contributed by atoms with Crippen LogP contribution in [0.15, 0.2) is 0 Å². The molecule has 2 unspecified atom stereocenters. The maximum Gasteiger partial charge on any atom is 0.107 e. The SMILES string of the molecule is CC1Cc2sc(CN)nc2C(C)C1. The topological polar surface area (TPSA) is 38.9 Å². The fourth-order valence-corrected chi connectivity index (χ4v) is 3.38. The van der Waals surface area contributed by atoms with E-state index in [1.807, 2.05) is 0 Å². The number of fused-ring (bicyclic) bond motifs is 1. The Morgan fingerprint density at radius 3 is 3.00 bits per heavy atom. The van der Waals surface area contributed by atoms with Crippen LogP contribution in [-0.2, 0) is 13.0 Å². The van der Waals surface area contributed by atoms with E-state index in [0.717, 1.165) is 10.9 Å². The Kier molecular flexibility index (Phi) is 2.39. The molecular weight excluding hydrogens is 180 g/mol. The van der Waals surface area contributed by atoms with E-state index >= 15 is 0 Å². The van der Waals surface area contributed by atoms with Gasteiger partial charge in [-0.25, -0.2) is 4.98 Å². The van der Waals surface area contributed by atoms with Crippen molar-refractivity contribution in [2.24, 2.45) is 11.7 Å². The van der Waals surface area contributed by atoms with E-state index in [1.165, 1.54) is 23.4 Å². The molecule has 0 bridgehead atoms. The zero-order valence-corrected chi connectivity index (χ0v) is 9.03. The van der Waals surface area contributed by atoms with Gasteiger partial charge in [0.2, 0.25) is 0 Å². The highest BCUT2D eigenvalue weighted by Crippen LogP contribution is 2.36. The Morgan fingerprint density at radius 1 is 1.54 bits per heavy atom. The third-order valence-corrected chi connectivity index (χ3v) is 3.82. The number of aromatic nitrogens is 1. The lowest BCUT2D eigenvalue weighted by Gasteiger charge is -2.22. The predicted molar refractivity (Wildman–Crippen MR) is 55.9 cm³/mol. The quantitative estimate of drug-likeness (QED) is 0.748. The summed E-state index contributed by atoms with van der Waals surface area (Å²) in [4.78, 5) is 6.06. The molecule has 1 aromatic rings. The van der Waals surface area contributed by atoms with Crippen molar-refractivity contribution in [1.29, 1.82) is 0 Å². The van der Waals surface area contributed by atoms with Gasteiger partial charge in [0, 0.05) is 11.4 Å². The first-order chi connectivity index (χ1) is 6.20. The second kappa shape index (κ2) is 3.39. The zero-order chi connectivity index (χ0) is 9.42. The third kappa shape index (κ3) is 1.63. The highest BCUT2D eigenvalue weighted by Gasteiger charge is 2.24. The number of nitrogens with zero attached hydrogens (tertiary/aromatic N) is 1. The zero-order valence-electron chi connectivity index (χ0n) is 8.21. The number of rotatable bonds is 1. The van der Waals surface area contributed by atoms with Crippen LogP contribution in [0.25, 0.3) is 0 Å². The summed E-state index contributed by atoms with van der Waals surface area (Å²) in [5.41, 5.74) is 6.91. The molecular formula is C10H16N2S.